The van der Waals surface area contributed by atoms with Crippen LogP contribution in [0.1, 0.15) is 37.3 Å². The quantitative estimate of drug-likeness (QED) is 0.902. The van der Waals surface area contributed by atoms with Gasteiger partial charge < -0.3 is 10.6 Å². The number of hydrogen-bond donors (Lipinski definition) is 1. The molecule has 3 heteroatoms. The molecule has 0 radical (unpaired) electrons. The molecule has 0 bridgehead atoms. The lowest BCUT2D eigenvalue weighted by molar-refractivity contribution is -0.134. The van der Waals surface area contributed by atoms with Crippen molar-refractivity contribution in [2.75, 3.05) is 13.1 Å². The Morgan fingerprint density at radius 1 is 1.42 bits per heavy atom. The second-order valence-corrected chi connectivity index (χ2v) is 5.78. The van der Waals surface area contributed by atoms with Crippen molar-refractivity contribution < 1.29 is 4.79 Å². The van der Waals surface area contributed by atoms with Crippen LogP contribution < -0.4 is 5.73 Å². The molecular formula is C16H24N2O. The van der Waals surface area contributed by atoms with Gasteiger partial charge in [-0.25, -0.2) is 0 Å². The van der Waals surface area contributed by atoms with Crippen LogP contribution in [0.3, 0.4) is 0 Å². The maximum atomic E-state index is 12.4. The minimum Gasteiger partial charge on any atom is -0.336 e. The summed E-state index contributed by atoms with van der Waals surface area (Å²) >= 11 is 0. The summed E-state index contributed by atoms with van der Waals surface area (Å²) in [5, 5.41) is 0. The third kappa shape index (κ3) is 2.98. The van der Waals surface area contributed by atoms with Gasteiger partial charge in [0.1, 0.15) is 0 Å². The minimum atomic E-state index is -0.122. The number of nitrogens with two attached hydrogens (primary N) is 1. The van der Waals surface area contributed by atoms with Gasteiger partial charge in [-0.1, -0.05) is 24.3 Å². The SMILES string of the molecule is Cc1ccccc1CCC(=O)N1CCCC1(C)CN. The summed E-state index contributed by atoms with van der Waals surface area (Å²) in [6.07, 6.45) is 3.51. The van der Waals surface area contributed by atoms with Crippen LogP contribution in [0.4, 0.5) is 0 Å². The van der Waals surface area contributed by atoms with Crippen molar-refractivity contribution in [3.8, 4) is 0 Å². The van der Waals surface area contributed by atoms with Crippen molar-refractivity contribution in [3.63, 3.8) is 0 Å². The molecule has 1 unspecified atom stereocenters. The van der Waals surface area contributed by atoms with Crippen molar-refractivity contribution in [2.24, 2.45) is 5.73 Å². The van der Waals surface area contributed by atoms with Gasteiger partial charge in [0.25, 0.3) is 0 Å². The lowest BCUT2D eigenvalue weighted by Gasteiger charge is -2.34. The molecule has 19 heavy (non-hydrogen) atoms. The molecule has 2 rings (SSSR count). The number of amides is 1. The van der Waals surface area contributed by atoms with Crippen molar-refractivity contribution in [2.45, 2.75) is 45.1 Å². The summed E-state index contributed by atoms with van der Waals surface area (Å²) < 4.78 is 0. The number of rotatable bonds is 4. The first-order chi connectivity index (χ1) is 9.07. The minimum absolute atomic E-state index is 0.122. The van der Waals surface area contributed by atoms with E-state index in [0.29, 0.717) is 13.0 Å². The van der Waals surface area contributed by atoms with Crippen LogP contribution >= 0.6 is 0 Å². The molecule has 1 fully saturated rings. The Morgan fingerprint density at radius 3 is 2.84 bits per heavy atom. The van der Waals surface area contributed by atoms with E-state index in [-0.39, 0.29) is 11.4 Å². The summed E-state index contributed by atoms with van der Waals surface area (Å²) in [6.45, 7) is 5.62. The van der Waals surface area contributed by atoms with Gasteiger partial charge in [-0.2, -0.15) is 0 Å². The second-order valence-electron chi connectivity index (χ2n) is 5.78. The molecular weight excluding hydrogens is 236 g/mol. The van der Waals surface area contributed by atoms with E-state index in [1.165, 1.54) is 11.1 Å². The van der Waals surface area contributed by atoms with E-state index in [9.17, 15) is 4.79 Å². The van der Waals surface area contributed by atoms with Crippen molar-refractivity contribution in [1.29, 1.82) is 0 Å². The maximum Gasteiger partial charge on any atom is 0.223 e. The lowest BCUT2D eigenvalue weighted by atomic mass is 9.98. The molecule has 0 aliphatic carbocycles. The number of carbonyl (C=O) groups excluding carboxylic acids is 1. The third-order valence-electron chi connectivity index (χ3n) is 4.36. The molecule has 1 heterocycles. The molecule has 1 atom stereocenters. The zero-order chi connectivity index (χ0) is 13.9. The molecule has 1 amide bonds. The Hall–Kier alpha value is -1.35. The van der Waals surface area contributed by atoms with E-state index in [1.54, 1.807) is 0 Å². The molecule has 1 aliphatic heterocycles. The molecule has 1 aliphatic rings. The summed E-state index contributed by atoms with van der Waals surface area (Å²) in [4.78, 5) is 14.4. The van der Waals surface area contributed by atoms with Crippen LogP contribution in [0.2, 0.25) is 0 Å². The molecule has 1 aromatic carbocycles. The van der Waals surface area contributed by atoms with Gasteiger partial charge in [-0.05, 0) is 44.2 Å². The van der Waals surface area contributed by atoms with Crippen LogP contribution in [0.5, 0.6) is 0 Å². The summed E-state index contributed by atoms with van der Waals surface area (Å²) in [7, 11) is 0. The molecule has 0 aromatic heterocycles. The van der Waals surface area contributed by atoms with Crippen molar-refractivity contribution >= 4 is 5.91 Å². The van der Waals surface area contributed by atoms with E-state index < -0.39 is 0 Å². The Morgan fingerprint density at radius 2 is 2.16 bits per heavy atom. The fourth-order valence-corrected chi connectivity index (χ4v) is 2.93. The van der Waals surface area contributed by atoms with Gasteiger partial charge in [-0.3, -0.25) is 4.79 Å². The first-order valence-electron chi connectivity index (χ1n) is 7.12. The number of aryl methyl sites for hydroxylation is 2. The summed E-state index contributed by atoms with van der Waals surface area (Å²) in [5.74, 6) is 0.244. The van der Waals surface area contributed by atoms with E-state index in [4.69, 9.17) is 5.73 Å². The smallest absolute Gasteiger partial charge is 0.223 e. The first kappa shape index (κ1) is 14.1. The zero-order valence-corrected chi connectivity index (χ0v) is 12.0. The van der Waals surface area contributed by atoms with Gasteiger partial charge in [0.2, 0.25) is 5.91 Å². The van der Waals surface area contributed by atoms with Crippen LogP contribution in [0.15, 0.2) is 24.3 Å². The Balaban J connectivity index is 1.97. The molecule has 3 nitrogen and oxygen atoms in total. The predicted molar refractivity (Wildman–Crippen MR) is 77.9 cm³/mol. The summed E-state index contributed by atoms with van der Waals surface area (Å²) in [6, 6.07) is 8.27. The van der Waals surface area contributed by atoms with Gasteiger partial charge in [-0.15, -0.1) is 0 Å². The average Bonchev–Trinajstić information content (AvgIpc) is 2.80. The molecule has 2 N–H and O–H groups in total. The molecule has 0 saturated carbocycles. The second kappa shape index (κ2) is 5.74. The van der Waals surface area contributed by atoms with Gasteiger partial charge in [0, 0.05) is 19.5 Å². The predicted octanol–water partition coefficient (Wildman–Crippen LogP) is 2.27. The summed E-state index contributed by atoms with van der Waals surface area (Å²) in [5.41, 5.74) is 8.24. The van der Waals surface area contributed by atoms with Gasteiger partial charge in [0.15, 0.2) is 0 Å². The van der Waals surface area contributed by atoms with Crippen molar-refractivity contribution in [3.05, 3.63) is 35.4 Å². The van der Waals surface area contributed by atoms with Crippen LogP contribution in [-0.4, -0.2) is 29.4 Å². The standard InChI is InChI=1S/C16H24N2O/c1-13-6-3-4-7-14(13)8-9-15(19)18-11-5-10-16(18,2)12-17/h3-4,6-7H,5,8-12,17H2,1-2H3. The average molecular weight is 260 g/mol. The van der Waals surface area contributed by atoms with Crippen LogP contribution in [-0.2, 0) is 11.2 Å². The molecule has 1 aromatic rings. The fraction of sp³-hybridized carbons (Fsp3) is 0.562. The Kier molecular flexibility index (Phi) is 4.25. The van der Waals surface area contributed by atoms with Gasteiger partial charge in [0.05, 0.1) is 5.54 Å². The third-order valence-corrected chi connectivity index (χ3v) is 4.36. The highest BCUT2D eigenvalue weighted by molar-refractivity contribution is 5.77. The van der Waals surface area contributed by atoms with E-state index in [1.807, 2.05) is 17.0 Å². The highest BCUT2D eigenvalue weighted by Crippen LogP contribution is 2.28. The zero-order valence-electron chi connectivity index (χ0n) is 12.0. The van der Waals surface area contributed by atoms with E-state index in [0.717, 1.165) is 25.8 Å². The van der Waals surface area contributed by atoms with Crippen LogP contribution in [0, 0.1) is 6.92 Å². The fourth-order valence-electron chi connectivity index (χ4n) is 2.93. The number of likely N-dealkylation sites (tertiary alicyclic amines) is 1. The Bertz CT molecular complexity index is 458. The topological polar surface area (TPSA) is 46.3 Å². The normalized spacial score (nSPS) is 22.8. The number of hydrogen-bond acceptors (Lipinski definition) is 2. The lowest BCUT2D eigenvalue weighted by Crippen LogP contribution is -2.50. The van der Waals surface area contributed by atoms with Crippen LogP contribution in [0.25, 0.3) is 0 Å². The monoisotopic (exact) mass is 260 g/mol. The first-order valence-corrected chi connectivity index (χ1v) is 7.12. The molecule has 1 saturated heterocycles. The van der Waals surface area contributed by atoms with Crippen molar-refractivity contribution in [1.82, 2.24) is 4.90 Å². The van der Waals surface area contributed by atoms with E-state index >= 15 is 0 Å². The Labute approximate surface area is 115 Å². The number of benzene rings is 1. The van der Waals surface area contributed by atoms with Gasteiger partial charge >= 0.3 is 0 Å². The molecule has 104 valence electrons. The number of carbonyl (C=O) groups is 1. The highest BCUT2D eigenvalue weighted by Gasteiger charge is 2.37. The largest absolute Gasteiger partial charge is 0.336 e. The highest BCUT2D eigenvalue weighted by atomic mass is 16.2. The molecule has 0 spiro atoms. The number of nitrogens with zero attached hydrogens (tertiary/aromatic N) is 1. The maximum absolute atomic E-state index is 12.4. The van der Waals surface area contributed by atoms with E-state index in [2.05, 4.69) is 26.0 Å².